The molecule has 2 aromatic rings. The van der Waals surface area contributed by atoms with Gasteiger partial charge in [-0.3, -0.25) is 9.59 Å². The van der Waals surface area contributed by atoms with Crippen molar-refractivity contribution in [1.82, 2.24) is 4.98 Å². The molecule has 7 nitrogen and oxygen atoms in total. The second-order valence-electron chi connectivity index (χ2n) is 5.95. The standard InChI is InChI=1S/C18H19N3O4/c1-3-14-13(8-19)18(23)12-6-16(20-10(2)22)17(7-15(12)21-14)25-11-4-5-24-9-11/h6-7,11H,3-5,9H2,1-2H3,(H,20,22)(H,21,23)/t11-/m0/s1. The molecule has 1 fully saturated rings. The number of rotatable bonds is 4. The smallest absolute Gasteiger partial charge is 0.221 e. The first-order valence-corrected chi connectivity index (χ1v) is 8.18. The van der Waals surface area contributed by atoms with Crippen LogP contribution in [0.2, 0.25) is 0 Å². The van der Waals surface area contributed by atoms with Crippen LogP contribution in [0.15, 0.2) is 16.9 Å². The van der Waals surface area contributed by atoms with Crippen LogP contribution in [-0.4, -0.2) is 30.2 Å². The normalized spacial score (nSPS) is 16.6. The van der Waals surface area contributed by atoms with Gasteiger partial charge < -0.3 is 19.8 Å². The minimum atomic E-state index is -0.351. The van der Waals surface area contributed by atoms with Crippen molar-refractivity contribution in [2.24, 2.45) is 0 Å². The number of nitrogens with one attached hydrogen (secondary N) is 2. The number of pyridine rings is 1. The summed E-state index contributed by atoms with van der Waals surface area (Å²) in [6.45, 7) is 4.38. The lowest BCUT2D eigenvalue weighted by Gasteiger charge is -2.17. The maximum absolute atomic E-state index is 12.6. The second-order valence-corrected chi connectivity index (χ2v) is 5.95. The SMILES string of the molecule is CCc1[nH]c2cc(O[C@H]3CCOC3)c(NC(C)=O)cc2c(=O)c1C#N. The van der Waals surface area contributed by atoms with Gasteiger partial charge in [-0.15, -0.1) is 0 Å². The third-order valence-corrected chi connectivity index (χ3v) is 4.14. The third kappa shape index (κ3) is 3.35. The number of aromatic nitrogens is 1. The number of ether oxygens (including phenoxy) is 2. The van der Waals surface area contributed by atoms with Crippen molar-refractivity contribution in [1.29, 1.82) is 5.26 Å². The Morgan fingerprint density at radius 2 is 2.32 bits per heavy atom. The van der Waals surface area contributed by atoms with Crippen LogP contribution in [0.5, 0.6) is 5.75 Å². The van der Waals surface area contributed by atoms with E-state index in [1.807, 2.05) is 13.0 Å². The number of H-pyrrole nitrogens is 1. The Kier molecular flexibility index (Phi) is 4.72. The maximum atomic E-state index is 12.6. The van der Waals surface area contributed by atoms with Crippen molar-refractivity contribution in [2.75, 3.05) is 18.5 Å². The fourth-order valence-electron chi connectivity index (χ4n) is 2.92. The predicted molar refractivity (Wildman–Crippen MR) is 92.8 cm³/mol. The lowest BCUT2D eigenvalue weighted by molar-refractivity contribution is -0.114. The van der Waals surface area contributed by atoms with Crippen molar-refractivity contribution < 1.29 is 14.3 Å². The summed E-state index contributed by atoms with van der Waals surface area (Å²) in [5, 5.41) is 12.3. The number of anilines is 1. The van der Waals surface area contributed by atoms with Crippen molar-refractivity contribution in [3.63, 3.8) is 0 Å². The van der Waals surface area contributed by atoms with Gasteiger partial charge in [-0.05, 0) is 12.5 Å². The van der Waals surface area contributed by atoms with Crippen LogP contribution in [0.25, 0.3) is 10.9 Å². The van der Waals surface area contributed by atoms with Gasteiger partial charge in [-0.1, -0.05) is 6.92 Å². The molecule has 130 valence electrons. The van der Waals surface area contributed by atoms with Gasteiger partial charge in [0, 0.05) is 30.5 Å². The zero-order valence-electron chi connectivity index (χ0n) is 14.1. The average Bonchev–Trinajstić information content (AvgIpc) is 3.08. The molecule has 1 aliphatic rings. The zero-order chi connectivity index (χ0) is 18.0. The zero-order valence-corrected chi connectivity index (χ0v) is 14.1. The highest BCUT2D eigenvalue weighted by Crippen LogP contribution is 2.31. The number of carbonyl (C=O) groups is 1. The number of nitriles is 1. The fourth-order valence-corrected chi connectivity index (χ4v) is 2.92. The molecule has 0 saturated carbocycles. The van der Waals surface area contributed by atoms with E-state index < -0.39 is 0 Å². The van der Waals surface area contributed by atoms with E-state index >= 15 is 0 Å². The molecule has 0 unspecified atom stereocenters. The van der Waals surface area contributed by atoms with E-state index in [1.54, 1.807) is 12.1 Å². The van der Waals surface area contributed by atoms with E-state index in [-0.39, 0.29) is 23.0 Å². The van der Waals surface area contributed by atoms with Crippen LogP contribution in [-0.2, 0) is 16.0 Å². The number of carbonyl (C=O) groups excluding carboxylic acids is 1. The van der Waals surface area contributed by atoms with Crippen molar-refractivity contribution in [3.05, 3.63) is 33.6 Å². The van der Waals surface area contributed by atoms with Gasteiger partial charge in [-0.25, -0.2) is 0 Å². The topological polar surface area (TPSA) is 104 Å². The summed E-state index contributed by atoms with van der Waals surface area (Å²) in [4.78, 5) is 27.3. The Morgan fingerprint density at radius 3 is 2.92 bits per heavy atom. The molecular formula is C18H19N3O4. The summed E-state index contributed by atoms with van der Waals surface area (Å²) >= 11 is 0. The minimum absolute atomic E-state index is 0.0966. The number of nitrogens with zero attached hydrogens (tertiary/aromatic N) is 1. The Balaban J connectivity index is 2.17. The molecule has 0 bridgehead atoms. The Morgan fingerprint density at radius 1 is 1.52 bits per heavy atom. The van der Waals surface area contributed by atoms with Crippen LogP contribution in [0, 0.1) is 11.3 Å². The van der Waals surface area contributed by atoms with E-state index in [0.717, 1.165) is 6.42 Å². The number of benzene rings is 1. The van der Waals surface area contributed by atoms with Gasteiger partial charge in [0.1, 0.15) is 23.5 Å². The molecule has 1 amide bonds. The van der Waals surface area contributed by atoms with E-state index in [9.17, 15) is 14.9 Å². The predicted octanol–water partition coefficient (Wildman–Crippen LogP) is 2.09. The van der Waals surface area contributed by atoms with E-state index in [1.165, 1.54) is 6.92 Å². The second kappa shape index (κ2) is 6.95. The first-order valence-electron chi connectivity index (χ1n) is 8.18. The molecular weight excluding hydrogens is 322 g/mol. The molecule has 2 heterocycles. The van der Waals surface area contributed by atoms with Gasteiger partial charge in [-0.2, -0.15) is 5.26 Å². The molecule has 1 aromatic heterocycles. The number of aromatic amines is 1. The highest BCUT2D eigenvalue weighted by molar-refractivity contribution is 5.95. The fraction of sp³-hybridized carbons (Fsp3) is 0.389. The van der Waals surface area contributed by atoms with Gasteiger partial charge in [0.25, 0.3) is 0 Å². The Bertz CT molecular complexity index is 921. The highest BCUT2D eigenvalue weighted by atomic mass is 16.5. The summed E-state index contributed by atoms with van der Waals surface area (Å²) in [6.07, 6.45) is 1.20. The quantitative estimate of drug-likeness (QED) is 0.886. The average molecular weight is 341 g/mol. The molecule has 2 N–H and O–H groups in total. The Hall–Kier alpha value is -2.85. The first-order chi connectivity index (χ1) is 12.0. The Labute approximate surface area is 144 Å². The molecule has 25 heavy (non-hydrogen) atoms. The lowest BCUT2D eigenvalue weighted by atomic mass is 10.1. The van der Waals surface area contributed by atoms with Crippen LogP contribution in [0.4, 0.5) is 5.69 Å². The number of aryl methyl sites for hydroxylation is 1. The lowest BCUT2D eigenvalue weighted by Crippen LogP contribution is -2.18. The van der Waals surface area contributed by atoms with E-state index in [2.05, 4.69) is 10.3 Å². The maximum Gasteiger partial charge on any atom is 0.221 e. The molecule has 1 atom stereocenters. The number of hydrogen-bond acceptors (Lipinski definition) is 5. The van der Waals surface area contributed by atoms with Crippen LogP contribution in [0.3, 0.4) is 0 Å². The first kappa shape index (κ1) is 17.0. The largest absolute Gasteiger partial charge is 0.486 e. The molecule has 1 aromatic carbocycles. The number of fused-ring (bicyclic) bond motifs is 1. The van der Waals surface area contributed by atoms with E-state index in [0.29, 0.717) is 47.7 Å². The monoisotopic (exact) mass is 341 g/mol. The van der Waals surface area contributed by atoms with Crippen LogP contribution in [0.1, 0.15) is 31.5 Å². The van der Waals surface area contributed by atoms with Crippen LogP contribution >= 0.6 is 0 Å². The minimum Gasteiger partial charge on any atom is -0.486 e. The van der Waals surface area contributed by atoms with Crippen LogP contribution < -0.4 is 15.5 Å². The summed E-state index contributed by atoms with van der Waals surface area (Å²) < 4.78 is 11.3. The molecule has 0 aliphatic carbocycles. The molecule has 1 aliphatic heterocycles. The molecule has 1 saturated heterocycles. The van der Waals surface area contributed by atoms with Gasteiger partial charge in [0.05, 0.1) is 24.4 Å². The van der Waals surface area contributed by atoms with Gasteiger partial charge >= 0.3 is 0 Å². The van der Waals surface area contributed by atoms with Crippen molar-refractivity contribution in [2.45, 2.75) is 32.8 Å². The summed E-state index contributed by atoms with van der Waals surface area (Å²) in [6, 6.07) is 5.21. The highest BCUT2D eigenvalue weighted by Gasteiger charge is 2.21. The number of amides is 1. The van der Waals surface area contributed by atoms with Gasteiger partial charge in [0.15, 0.2) is 0 Å². The van der Waals surface area contributed by atoms with Crippen molar-refractivity contribution >= 4 is 22.5 Å². The molecule has 0 spiro atoms. The summed E-state index contributed by atoms with van der Waals surface area (Å²) in [5.41, 5.74) is 1.31. The molecule has 7 heteroatoms. The third-order valence-electron chi connectivity index (χ3n) is 4.14. The van der Waals surface area contributed by atoms with Gasteiger partial charge in [0.2, 0.25) is 11.3 Å². The summed E-state index contributed by atoms with van der Waals surface area (Å²) in [7, 11) is 0. The van der Waals surface area contributed by atoms with Crippen molar-refractivity contribution in [3.8, 4) is 11.8 Å². The number of hydrogen-bond donors (Lipinski definition) is 2. The molecule has 0 radical (unpaired) electrons. The molecule has 3 rings (SSSR count). The summed E-state index contributed by atoms with van der Waals surface area (Å²) in [5.74, 6) is 0.203. The van der Waals surface area contributed by atoms with E-state index in [4.69, 9.17) is 9.47 Å².